The van der Waals surface area contributed by atoms with Gasteiger partial charge in [-0.2, -0.15) is 0 Å². The predicted octanol–water partition coefficient (Wildman–Crippen LogP) is 5.45. The van der Waals surface area contributed by atoms with Crippen LogP contribution in [-0.4, -0.2) is 26.6 Å². The van der Waals surface area contributed by atoms with Gasteiger partial charge in [0, 0.05) is 0 Å². The second-order valence-electron chi connectivity index (χ2n) is 6.49. The Morgan fingerprint density at radius 2 is 1.64 bits per heavy atom. The molecular weight excluding hydrogens is 443 g/mol. The van der Waals surface area contributed by atoms with Crippen molar-refractivity contribution in [3.8, 4) is 0 Å². The number of anilines is 2. The largest absolute Gasteiger partial charge is 0.323 e. The first-order chi connectivity index (χ1) is 13.0. The molecule has 152 valence electrons. The van der Waals surface area contributed by atoms with Gasteiger partial charge in [-0.25, -0.2) is 8.42 Å². The van der Waals surface area contributed by atoms with Crippen molar-refractivity contribution < 1.29 is 13.2 Å². The maximum absolute atomic E-state index is 13.0. The smallest absolute Gasteiger partial charge is 0.248 e. The Hall–Kier alpha value is -1.47. The minimum absolute atomic E-state index is 0.203. The van der Waals surface area contributed by atoms with Gasteiger partial charge >= 0.3 is 0 Å². The zero-order valence-corrected chi connectivity index (χ0v) is 19.0. The van der Waals surface area contributed by atoms with Gasteiger partial charge in [-0.15, -0.1) is 0 Å². The molecule has 28 heavy (non-hydrogen) atoms. The van der Waals surface area contributed by atoms with Crippen LogP contribution in [0.1, 0.15) is 24.5 Å². The summed E-state index contributed by atoms with van der Waals surface area (Å²) in [6.45, 7) is 5.55. The van der Waals surface area contributed by atoms with Crippen LogP contribution in [0, 0.1) is 13.8 Å². The van der Waals surface area contributed by atoms with E-state index in [1.54, 1.807) is 19.1 Å². The fraction of sp³-hybridized carbons (Fsp3) is 0.316. The molecule has 0 aromatic heterocycles. The van der Waals surface area contributed by atoms with Crippen molar-refractivity contribution >= 4 is 62.1 Å². The molecule has 9 heteroatoms. The molecule has 1 N–H and O–H groups in total. The van der Waals surface area contributed by atoms with E-state index in [2.05, 4.69) is 5.32 Å². The average molecular weight is 464 g/mol. The van der Waals surface area contributed by atoms with E-state index >= 15 is 0 Å². The summed E-state index contributed by atoms with van der Waals surface area (Å²) in [4.78, 5) is 13.0. The Morgan fingerprint density at radius 1 is 1.04 bits per heavy atom. The fourth-order valence-corrected chi connectivity index (χ4v) is 4.56. The van der Waals surface area contributed by atoms with E-state index < -0.39 is 22.0 Å². The summed E-state index contributed by atoms with van der Waals surface area (Å²) in [5, 5.41) is 3.34. The number of rotatable bonds is 6. The number of nitrogens with one attached hydrogen (secondary N) is 1. The van der Waals surface area contributed by atoms with E-state index in [1.165, 1.54) is 12.1 Å². The number of hydrogen-bond donors (Lipinski definition) is 1. The predicted molar refractivity (Wildman–Crippen MR) is 117 cm³/mol. The number of nitrogens with zero attached hydrogens (tertiary/aromatic N) is 1. The Bertz CT molecular complexity index is 1010. The van der Waals surface area contributed by atoms with Crippen LogP contribution in [0.3, 0.4) is 0 Å². The van der Waals surface area contributed by atoms with Gasteiger partial charge in [0.25, 0.3) is 0 Å². The molecule has 2 aromatic rings. The SMILES string of the molecule is CCC(C(=O)Nc1cc(Cl)c(Cl)cc1Cl)N(c1ccc(C)c(C)c1)S(C)(=O)=O. The van der Waals surface area contributed by atoms with Gasteiger partial charge in [0.05, 0.1) is 32.7 Å². The van der Waals surface area contributed by atoms with Crippen LogP contribution in [0.25, 0.3) is 0 Å². The number of sulfonamides is 1. The molecule has 0 saturated heterocycles. The first kappa shape index (κ1) is 22.8. The summed E-state index contributed by atoms with van der Waals surface area (Å²) in [7, 11) is -3.73. The summed E-state index contributed by atoms with van der Waals surface area (Å²) in [5.74, 6) is -0.522. The number of hydrogen-bond acceptors (Lipinski definition) is 3. The summed E-state index contributed by atoms with van der Waals surface area (Å²) >= 11 is 18.0. The molecule has 0 radical (unpaired) electrons. The van der Waals surface area contributed by atoms with Crippen LogP contribution in [0.15, 0.2) is 30.3 Å². The first-order valence-corrected chi connectivity index (χ1v) is 11.5. The van der Waals surface area contributed by atoms with Crippen LogP contribution in [0.2, 0.25) is 15.1 Å². The number of aryl methyl sites for hydroxylation is 2. The van der Waals surface area contributed by atoms with Crippen LogP contribution in [-0.2, 0) is 14.8 Å². The molecule has 2 aromatic carbocycles. The van der Waals surface area contributed by atoms with E-state index in [-0.39, 0.29) is 27.2 Å². The highest BCUT2D eigenvalue weighted by Crippen LogP contribution is 2.33. The maximum atomic E-state index is 13.0. The van der Waals surface area contributed by atoms with Gasteiger partial charge in [-0.3, -0.25) is 9.10 Å². The molecule has 0 heterocycles. The van der Waals surface area contributed by atoms with Crippen LogP contribution < -0.4 is 9.62 Å². The fourth-order valence-electron chi connectivity index (χ4n) is 2.76. The van der Waals surface area contributed by atoms with Gasteiger partial charge in [0.15, 0.2) is 0 Å². The average Bonchev–Trinajstić information content (AvgIpc) is 2.58. The molecule has 1 amide bonds. The lowest BCUT2D eigenvalue weighted by molar-refractivity contribution is -0.117. The number of amides is 1. The number of benzene rings is 2. The molecule has 0 saturated carbocycles. The molecule has 0 aliphatic carbocycles. The van der Waals surface area contributed by atoms with E-state index in [0.29, 0.717) is 5.69 Å². The monoisotopic (exact) mass is 462 g/mol. The van der Waals surface area contributed by atoms with Crippen LogP contribution in [0.5, 0.6) is 0 Å². The molecule has 0 aliphatic rings. The maximum Gasteiger partial charge on any atom is 0.248 e. The third kappa shape index (κ3) is 5.11. The topological polar surface area (TPSA) is 66.5 Å². The summed E-state index contributed by atoms with van der Waals surface area (Å²) < 4.78 is 26.2. The van der Waals surface area contributed by atoms with Gasteiger partial charge in [0.1, 0.15) is 6.04 Å². The van der Waals surface area contributed by atoms with Crippen molar-refractivity contribution in [3.63, 3.8) is 0 Å². The molecule has 1 atom stereocenters. The molecule has 2 rings (SSSR count). The number of carbonyl (C=O) groups is 1. The van der Waals surface area contributed by atoms with Crippen molar-refractivity contribution in [1.82, 2.24) is 0 Å². The van der Waals surface area contributed by atoms with Gasteiger partial charge in [-0.1, -0.05) is 47.8 Å². The zero-order chi connectivity index (χ0) is 21.2. The van der Waals surface area contributed by atoms with E-state index in [4.69, 9.17) is 34.8 Å². The third-order valence-electron chi connectivity index (χ3n) is 4.34. The van der Waals surface area contributed by atoms with Crippen molar-refractivity contribution in [3.05, 3.63) is 56.5 Å². The Labute approximate surface area is 180 Å². The minimum Gasteiger partial charge on any atom is -0.323 e. The van der Waals surface area contributed by atoms with Crippen molar-refractivity contribution in [1.29, 1.82) is 0 Å². The second kappa shape index (κ2) is 8.91. The van der Waals surface area contributed by atoms with E-state index in [9.17, 15) is 13.2 Å². The summed E-state index contributed by atoms with van der Waals surface area (Å²) in [6.07, 6.45) is 1.33. The minimum atomic E-state index is -3.73. The number of halogens is 3. The second-order valence-corrected chi connectivity index (χ2v) is 9.57. The standard InChI is InChI=1S/C19H21Cl3N2O3S/c1-5-18(19(25)23-17-10-15(21)14(20)9-16(17)22)24(28(4,26)27)13-7-6-11(2)12(3)8-13/h6-10,18H,5H2,1-4H3,(H,23,25). The molecule has 0 spiro atoms. The van der Waals surface area contributed by atoms with Crippen molar-refractivity contribution in [2.45, 2.75) is 33.2 Å². The van der Waals surface area contributed by atoms with E-state index in [0.717, 1.165) is 21.7 Å². The normalized spacial score (nSPS) is 12.5. The molecular formula is C19H21Cl3N2O3S. The highest BCUT2D eigenvalue weighted by Gasteiger charge is 2.32. The lowest BCUT2D eigenvalue weighted by Gasteiger charge is -2.30. The van der Waals surface area contributed by atoms with Crippen molar-refractivity contribution in [2.24, 2.45) is 0 Å². The lowest BCUT2D eigenvalue weighted by Crippen LogP contribution is -2.47. The van der Waals surface area contributed by atoms with Crippen LogP contribution >= 0.6 is 34.8 Å². The molecule has 5 nitrogen and oxygen atoms in total. The van der Waals surface area contributed by atoms with Gasteiger partial charge < -0.3 is 5.32 Å². The Morgan fingerprint density at radius 3 is 2.18 bits per heavy atom. The highest BCUT2D eigenvalue weighted by molar-refractivity contribution is 7.92. The van der Waals surface area contributed by atoms with Crippen molar-refractivity contribution in [2.75, 3.05) is 15.9 Å². The van der Waals surface area contributed by atoms with Gasteiger partial charge in [-0.05, 0) is 55.7 Å². The lowest BCUT2D eigenvalue weighted by atomic mass is 10.1. The number of carbonyl (C=O) groups excluding carboxylic acids is 1. The highest BCUT2D eigenvalue weighted by atomic mass is 35.5. The summed E-state index contributed by atoms with van der Waals surface area (Å²) in [5.41, 5.74) is 2.63. The molecule has 0 bridgehead atoms. The molecule has 0 fully saturated rings. The Kier molecular flexibility index (Phi) is 7.26. The van der Waals surface area contributed by atoms with Crippen LogP contribution in [0.4, 0.5) is 11.4 Å². The molecule has 0 aliphatic heterocycles. The van der Waals surface area contributed by atoms with E-state index in [1.807, 2.05) is 19.9 Å². The van der Waals surface area contributed by atoms with Gasteiger partial charge in [0.2, 0.25) is 15.9 Å². The summed E-state index contributed by atoms with van der Waals surface area (Å²) in [6, 6.07) is 7.13. The quantitative estimate of drug-likeness (QED) is 0.579. The third-order valence-corrected chi connectivity index (χ3v) is 6.56. The first-order valence-electron chi connectivity index (χ1n) is 8.47. The molecule has 1 unspecified atom stereocenters. The zero-order valence-electron chi connectivity index (χ0n) is 15.9. The Balaban J connectivity index is 2.45.